The number of nitrogens with one attached hydrogen (secondary N) is 2. The number of aliphatic imine (C=N–C) groups is 1. The van der Waals surface area contributed by atoms with Gasteiger partial charge in [-0.1, -0.05) is 90.5 Å². The van der Waals surface area contributed by atoms with E-state index in [0.29, 0.717) is 0 Å². The van der Waals surface area contributed by atoms with Crippen molar-refractivity contribution in [2.24, 2.45) is 4.99 Å². The van der Waals surface area contributed by atoms with Crippen LogP contribution in [-0.4, -0.2) is 60.5 Å². The number of hydrogen-bond acceptors (Lipinski definition) is 5. The summed E-state index contributed by atoms with van der Waals surface area (Å²) in [6.07, 6.45) is 3.63. The van der Waals surface area contributed by atoms with Crippen LogP contribution in [0.4, 0.5) is 5.82 Å². The van der Waals surface area contributed by atoms with E-state index in [0.717, 1.165) is 92.7 Å². The number of rotatable bonds is 14. The molecule has 5 rings (SSSR count). The first-order chi connectivity index (χ1) is 21.4. The molecule has 0 unspecified atom stereocenters. The van der Waals surface area contributed by atoms with Crippen LogP contribution in [0.2, 0.25) is 0 Å². The maximum absolute atomic E-state index is 5.05. The lowest BCUT2D eigenvalue weighted by Crippen LogP contribution is -2.26. The Balaban J connectivity index is 1.15. The van der Waals surface area contributed by atoms with Gasteiger partial charge in [0.15, 0.2) is 0 Å². The molecular weight excluding hydrogens is 540 g/mol. The SMILES string of the molecule is C=C(C(=NCCCN(C)CCCNc1nc(Cc2ccccc2)nc2c1-c1ccc(C)cc1C2)NCC)c1ccc(C)cc1. The second-order valence-corrected chi connectivity index (χ2v) is 11.9. The minimum Gasteiger partial charge on any atom is -0.370 e. The lowest BCUT2D eigenvalue weighted by molar-refractivity contribution is 0.330. The van der Waals surface area contributed by atoms with Gasteiger partial charge in [0, 0.05) is 43.6 Å². The van der Waals surface area contributed by atoms with Gasteiger partial charge in [0.05, 0.1) is 5.69 Å². The molecule has 0 saturated carbocycles. The Kier molecular flexibility index (Phi) is 10.6. The van der Waals surface area contributed by atoms with Gasteiger partial charge in [0.25, 0.3) is 0 Å². The Morgan fingerprint density at radius 3 is 2.45 bits per heavy atom. The molecule has 0 bridgehead atoms. The predicted molar refractivity (Wildman–Crippen MR) is 186 cm³/mol. The molecule has 1 aliphatic rings. The van der Waals surface area contributed by atoms with E-state index in [1.807, 2.05) is 6.07 Å². The molecule has 44 heavy (non-hydrogen) atoms. The van der Waals surface area contributed by atoms with Crippen molar-refractivity contribution in [2.45, 2.75) is 46.5 Å². The predicted octanol–water partition coefficient (Wildman–Crippen LogP) is 7.10. The van der Waals surface area contributed by atoms with E-state index in [4.69, 9.17) is 15.0 Å². The molecule has 1 aromatic heterocycles. The lowest BCUT2D eigenvalue weighted by Gasteiger charge is -2.18. The molecule has 2 N–H and O–H groups in total. The molecule has 6 heteroatoms. The molecular formula is C38H46N6. The van der Waals surface area contributed by atoms with E-state index in [1.165, 1.54) is 33.4 Å². The molecule has 0 radical (unpaired) electrons. The van der Waals surface area contributed by atoms with Crippen LogP contribution >= 0.6 is 0 Å². The largest absolute Gasteiger partial charge is 0.370 e. The Morgan fingerprint density at radius 1 is 0.932 bits per heavy atom. The zero-order valence-corrected chi connectivity index (χ0v) is 26.8. The van der Waals surface area contributed by atoms with Crippen molar-refractivity contribution in [1.82, 2.24) is 20.2 Å². The van der Waals surface area contributed by atoms with E-state index in [1.54, 1.807) is 0 Å². The van der Waals surface area contributed by atoms with Gasteiger partial charge in [-0.05, 0) is 76.0 Å². The second kappa shape index (κ2) is 14.9. The summed E-state index contributed by atoms with van der Waals surface area (Å²) in [5, 5.41) is 7.10. The first-order valence-electron chi connectivity index (χ1n) is 15.9. The van der Waals surface area contributed by atoms with Crippen molar-refractivity contribution in [2.75, 3.05) is 45.1 Å². The molecule has 0 atom stereocenters. The quantitative estimate of drug-likeness (QED) is 0.0826. The number of amidine groups is 1. The van der Waals surface area contributed by atoms with Crippen LogP contribution < -0.4 is 10.6 Å². The molecule has 0 spiro atoms. The fourth-order valence-corrected chi connectivity index (χ4v) is 5.76. The topological polar surface area (TPSA) is 65.4 Å². The summed E-state index contributed by atoms with van der Waals surface area (Å²) in [5.41, 5.74) is 10.7. The number of nitrogens with zero attached hydrogens (tertiary/aromatic N) is 4. The Labute approximate surface area is 263 Å². The third kappa shape index (κ3) is 8.00. The molecule has 0 saturated heterocycles. The molecule has 228 valence electrons. The fourth-order valence-electron chi connectivity index (χ4n) is 5.76. The third-order valence-electron chi connectivity index (χ3n) is 8.13. The lowest BCUT2D eigenvalue weighted by atomic mass is 10.0. The highest BCUT2D eigenvalue weighted by Gasteiger charge is 2.25. The summed E-state index contributed by atoms with van der Waals surface area (Å²) in [5.74, 6) is 2.73. The molecule has 3 aromatic carbocycles. The molecule has 6 nitrogen and oxygen atoms in total. The molecule has 1 heterocycles. The van der Waals surface area contributed by atoms with Crippen LogP contribution in [0.15, 0.2) is 84.4 Å². The fraction of sp³-hybridized carbons (Fsp3) is 0.342. The maximum atomic E-state index is 5.05. The highest BCUT2D eigenvalue weighted by molar-refractivity contribution is 6.21. The van der Waals surface area contributed by atoms with E-state index in [9.17, 15) is 0 Å². The normalized spacial score (nSPS) is 12.2. The number of hydrogen-bond donors (Lipinski definition) is 2. The summed E-state index contributed by atoms with van der Waals surface area (Å²) in [6.45, 7) is 15.1. The van der Waals surface area contributed by atoms with Gasteiger partial charge in [0.2, 0.25) is 0 Å². The molecule has 4 aromatic rings. The van der Waals surface area contributed by atoms with Crippen molar-refractivity contribution < 1.29 is 0 Å². The van der Waals surface area contributed by atoms with E-state index >= 15 is 0 Å². The zero-order valence-electron chi connectivity index (χ0n) is 26.8. The molecule has 0 fully saturated rings. The van der Waals surface area contributed by atoms with Gasteiger partial charge in [-0.3, -0.25) is 4.99 Å². The van der Waals surface area contributed by atoms with Crippen molar-refractivity contribution in [3.63, 3.8) is 0 Å². The van der Waals surface area contributed by atoms with Gasteiger partial charge < -0.3 is 15.5 Å². The van der Waals surface area contributed by atoms with Crippen LogP contribution in [-0.2, 0) is 12.8 Å². The van der Waals surface area contributed by atoms with E-state index in [-0.39, 0.29) is 0 Å². The standard InChI is InChI=1S/C38H46N6/c1-6-39-37(29(4)31-17-14-27(2)15-18-31)40-20-10-22-44(5)23-11-21-41-38-36-33-19-16-28(3)24-32(33)26-34(36)42-35(43-38)25-30-12-8-7-9-13-30/h7-9,12-19,24H,4,6,10-11,20-23,25-26H2,1-3,5H3,(H,39,40)(H,41,42,43). The van der Waals surface area contributed by atoms with Crippen LogP contribution in [0, 0.1) is 13.8 Å². The van der Waals surface area contributed by atoms with Crippen molar-refractivity contribution in [3.05, 3.63) is 119 Å². The van der Waals surface area contributed by atoms with E-state index < -0.39 is 0 Å². The Bertz CT molecular complexity index is 1590. The minimum atomic E-state index is 0.733. The van der Waals surface area contributed by atoms with Gasteiger partial charge in [-0.2, -0.15) is 0 Å². The van der Waals surface area contributed by atoms with Gasteiger partial charge in [0.1, 0.15) is 17.5 Å². The first-order valence-corrected chi connectivity index (χ1v) is 15.9. The summed E-state index contributed by atoms with van der Waals surface area (Å²) < 4.78 is 0. The Hall–Kier alpha value is -4.29. The maximum Gasteiger partial charge on any atom is 0.137 e. The Morgan fingerprint density at radius 2 is 1.68 bits per heavy atom. The van der Waals surface area contributed by atoms with Crippen LogP contribution in [0.3, 0.4) is 0 Å². The number of likely N-dealkylation sites (N-methyl/N-ethyl adjacent to an activating group) is 1. The summed E-state index contributed by atoms with van der Waals surface area (Å²) in [4.78, 5) is 17.3. The van der Waals surface area contributed by atoms with Gasteiger partial charge in [-0.15, -0.1) is 0 Å². The van der Waals surface area contributed by atoms with Gasteiger partial charge >= 0.3 is 0 Å². The average Bonchev–Trinajstić information content (AvgIpc) is 3.38. The summed E-state index contributed by atoms with van der Waals surface area (Å²) in [6, 6.07) is 25.7. The summed E-state index contributed by atoms with van der Waals surface area (Å²) in [7, 11) is 2.19. The third-order valence-corrected chi connectivity index (χ3v) is 8.13. The van der Waals surface area contributed by atoms with Gasteiger partial charge in [-0.25, -0.2) is 9.97 Å². The zero-order chi connectivity index (χ0) is 30.9. The van der Waals surface area contributed by atoms with Crippen LogP contribution in [0.1, 0.15) is 59.1 Å². The highest BCUT2D eigenvalue weighted by atomic mass is 15.1. The first kappa shape index (κ1) is 31.1. The van der Waals surface area contributed by atoms with Crippen molar-refractivity contribution in [3.8, 4) is 11.1 Å². The molecule has 1 aliphatic carbocycles. The monoisotopic (exact) mass is 586 g/mol. The number of benzene rings is 3. The smallest absolute Gasteiger partial charge is 0.137 e. The number of fused-ring (bicyclic) bond motifs is 3. The molecule has 0 aliphatic heterocycles. The number of anilines is 1. The second-order valence-electron chi connectivity index (χ2n) is 11.9. The van der Waals surface area contributed by atoms with Crippen LogP contribution in [0.25, 0.3) is 16.7 Å². The van der Waals surface area contributed by atoms with E-state index in [2.05, 4.69) is 117 Å². The highest BCUT2D eigenvalue weighted by Crippen LogP contribution is 2.40. The number of aryl methyl sites for hydroxylation is 2. The van der Waals surface area contributed by atoms with Crippen molar-refractivity contribution >= 4 is 17.2 Å². The number of aromatic nitrogens is 2. The van der Waals surface area contributed by atoms with Crippen LogP contribution in [0.5, 0.6) is 0 Å². The van der Waals surface area contributed by atoms with Crippen molar-refractivity contribution in [1.29, 1.82) is 0 Å². The summed E-state index contributed by atoms with van der Waals surface area (Å²) >= 11 is 0. The average molecular weight is 587 g/mol. The molecule has 0 amide bonds. The minimum absolute atomic E-state index is 0.733.